The lowest BCUT2D eigenvalue weighted by Crippen LogP contribution is -2.38. The molecule has 3 rings (SSSR count). The van der Waals surface area contributed by atoms with E-state index in [1.54, 1.807) is 24.3 Å². The molecule has 1 unspecified atom stereocenters. The summed E-state index contributed by atoms with van der Waals surface area (Å²) in [6, 6.07) is 10.0. The minimum absolute atomic E-state index is 0.0840. The van der Waals surface area contributed by atoms with Crippen molar-refractivity contribution in [3.63, 3.8) is 0 Å². The van der Waals surface area contributed by atoms with Crippen LogP contribution in [0, 0.1) is 22.7 Å². The third kappa shape index (κ3) is 1.19. The second kappa shape index (κ2) is 3.54. The number of nitrogens with one attached hydrogen (secondary N) is 1. The number of rotatable bonds is 0. The smallest absolute Gasteiger partial charge is 0.211 e. The van der Waals surface area contributed by atoms with Crippen LogP contribution in [-0.4, -0.2) is 17.5 Å². The number of benzene rings is 1. The summed E-state index contributed by atoms with van der Waals surface area (Å²) < 4.78 is 0. The molecule has 0 aromatic heterocycles. The van der Waals surface area contributed by atoms with E-state index in [1.807, 2.05) is 12.1 Å². The minimum Gasteiger partial charge on any atom is -0.359 e. The molecule has 0 saturated heterocycles. The molecule has 0 spiro atoms. The van der Waals surface area contributed by atoms with Gasteiger partial charge in [0.2, 0.25) is 5.78 Å². The molecule has 1 aliphatic heterocycles. The molecule has 18 heavy (non-hydrogen) atoms. The van der Waals surface area contributed by atoms with Crippen LogP contribution in [0.2, 0.25) is 0 Å². The number of nitriles is 2. The van der Waals surface area contributed by atoms with Crippen LogP contribution in [0.15, 0.2) is 35.0 Å². The lowest BCUT2D eigenvalue weighted by Gasteiger charge is -2.16. The van der Waals surface area contributed by atoms with Crippen LogP contribution in [0.5, 0.6) is 0 Å². The normalized spacial score (nSPS) is 20.2. The summed E-state index contributed by atoms with van der Waals surface area (Å²) in [6.07, 6.45) is 0. The predicted molar refractivity (Wildman–Crippen MR) is 63.3 cm³/mol. The van der Waals surface area contributed by atoms with Crippen LogP contribution < -0.4 is 5.32 Å². The van der Waals surface area contributed by atoms with Crippen molar-refractivity contribution < 1.29 is 4.79 Å². The number of aliphatic imine (C=N–C) groups is 1. The molecule has 1 heterocycles. The van der Waals surface area contributed by atoms with Gasteiger partial charge in [-0.1, -0.05) is 24.3 Å². The summed E-state index contributed by atoms with van der Waals surface area (Å²) in [6.45, 7) is 0. The molecular weight excluding hydrogens is 228 g/mol. The Hall–Kier alpha value is -2.92. The molecule has 84 valence electrons. The molecule has 0 bridgehead atoms. The fourth-order valence-corrected chi connectivity index (χ4v) is 2.10. The Morgan fingerprint density at radius 3 is 2.61 bits per heavy atom. The molecule has 5 nitrogen and oxygen atoms in total. The second-order valence-electron chi connectivity index (χ2n) is 3.91. The van der Waals surface area contributed by atoms with Gasteiger partial charge >= 0.3 is 0 Å². The predicted octanol–water partition coefficient (Wildman–Crippen LogP) is 1.01. The Bertz CT molecular complexity index is 715. The van der Waals surface area contributed by atoms with E-state index in [-0.39, 0.29) is 11.5 Å². The van der Waals surface area contributed by atoms with Crippen molar-refractivity contribution in [2.24, 2.45) is 4.99 Å². The highest BCUT2D eigenvalue weighted by Crippen LogP contribution is 2.34. The lowest BCUT2D eigenvalue weighted by molar-refractivity contribution is 0.103. The molecule has 0 radical (unpaired) electrons. The van der Waals surface area contributed by atoms with E-state index >= 15 is 0 Å². The Labute approximate surface area is 103 Å². The first-order valence-corrected chi connectivity index (χ1v) is 5.29. The van der Waals surface area contributed by atoms with E-state index in [4.69, 9.17) is 10.5 Å². The third-order valence-electron chi connectivity index (χ3n) is 2.93. The summed E-state index contributed by atoms with van der Waals surface area (Å²) in [5.41, 5.74) is 2.10. The van der Waals surface area contributed by atoms with Gasteiger partial charge in [0.1, 0.15) is 11.8 Å². The van der Waals surface area contributed by atoms with Crippen LogP contribution in [0.3, 0.4) is 0 Å². The fourth-order valence-electron chi connectivity index (χ4n) is 2.10. The highest BCUT2D eigenvalue weighted by atomic mass is 16.1. The highest BCUT2D eigenvalue weighted by Gasteiger charge is 2.35. The maximum absolute atomic E-state index is 12.1. The number of hydrogen-bond donors (Lipinski definition) is 1. The molecule has 0 saturated carbocycles. The van der Waals surface area contributed by atoms with E-state index in [9.17, 15) is 4.79 Å². The first-order valence-electron chi connectivity index (χ1n) is 5.29. The van der Waals surface area contributed by atoms with E-state index in [2.05, 4.69) is 10.3 Å². The van der Waals surface area contributed by atoms with E-state index in [0.29, 0.717) is 22.5 Å². The largest absolute Gasteiger partial charge is 0.359 e. The Kier molecular flexibility index (Phi) is 2.02. The molecule has 1 atom stereocenters. The summed E-state index contributed by atoms with van der Waals surface area (Å²) in [5.74, 6) is -0.179. The van der Waals surface area contributed by atoms with E-state index < -0.39 is 6.04 Å². The molecular formula is C13H6N4O. The molecule has 5 heteroatoms. The van der Waals surface area contributed by atoms with Crippen LogP contribution >= 0.6 is 0 Å². The average Bonchev–Trinajstić information content (AvgIpc) is 2.71. The van der Waals surface area contributed by atoms with Crippen molar-refractivity contribution in [1.29, 1.82) is 10.5 Å². The number of carbonyl (C=O) groups is 1. The van der Waals surface area contributed by atoms with Gasteiger partial charge in [0.05, 0.1) is 11.8 Å². The Morgan fingerprint density at radius 2 is 1.94 bits per heavy atom. The molecule has 1 aromatic carbocycles. The van der Waals surface area contributed by atoms with Crippen molar-refractivity contribution in [2.75, 3.05) is 0 Å². The summed E-state index contributed by atoms with van der Waals surface area (Å²) in [7, 11) is 0. The number of nitrogens with zero attached hydrogens (tertiary/aromatic N) is 3. The standard InChI is InChI=1S/C13H6N4O/c14-5-9-10(6-15)17-12-11(16-9)7-3-1-2-4-8(7)13(12)18/h1-4,10,17H. The van der Waals surface area contributed by atoms with Gasteiger partial charge in [-0.2, -0.15) is 10.5 Å². The number of hydrogen-bond acceptors (Lipinski definition) is 5. The zero-order valence-electron chi connectivity index (χ0n) is 9.14. The van der Waals surface area contributed by atoms with E-state index in [0.717, 1.165) is 0 Å². The Morgan fingerprint density at radius 1 is 1.22 bits per heavy atom. The summed E-state index contributed by atoms with van der Waals surface area (Å²) >= 11 is 0. The van der Waals surface area contributed by atoms with Crippen LogP contribution in [0.25, 0.3) is 5.70 Å². The zero-order valence-corrected chi connectivity index (χ0v) is 9.14. The second-order valence-corrected chi connectivity index (χ2v) is 3.91. The zero-order chi connectivity index (χ0) is 12.7. The minimum atomic E-state index is -0.855. The van der Waals surface area contributed by atoms with Gasteiger partial charge in [-0.05, 0) is 0 Å². The van der Waals surface area contributed by atoms with Gasteiger partial charge in [0.25, 0.3) is 0 Å². The Balaban J connectivity index is 2.21. The van der Waals surface area contributed by atoms with Crippen LogP contribution in [0.1, 0.15) is 15.9 Å². The molecule has 1 aliphatic carbocycles. The van der Waals surface area contributed by atoms with Crippen LogP contribution in [-0.2, 0) is 0 Å². The number of allylic oxidation sites excluding steroid dienone is 1. The SMILES string of the molecule is N#CC1=NC2=C(NC1C#N)C(=O)c1ccccc12. The van der Waals surface area contributed by atoms with Crippen molar-refractivity contribution in [3.05, 3.63) is 41.1 Å². The topological polar surface area (TPSA) is 89.0 Å². The molecule has 2 aliphatic rings. The molecule has 1 aromatic rings. The van der Waals surface area contributed by atoms with Gasteiger partial charge < -0.3 is 5.32 Å². The maximum Gasteiger partial charge on any atom is 0.211 e. The molecule has 1 N–H and O–H groups in total. The van der Waals surface area contributed by atoms with Crippen molar-refractivity contribution in [1.82, 2.24) is 5.32 Å². The van der Waals surface area contributed by atoms with Crippen molar-refractivity contribution in [3.8, 4) is 12.1 Å². The van der Waals surface area contributed by atoms with Gasteiger partial charge in [0, 0.05) is 11.1 Å². The summed E-state index contributed by atoms with van der Waals surface area (Å²) in [5, 5.41) is 20.7. The van der Waals surface area contributed by atoms with Gasteiger partial charge in [-0.3, -0.25) is 4.79 Å². The number of carbonyl (C=O) groups excluding carboxylic acids is 1. The van der Waals surface area contributed by atoms with E-state index in [1.165, 1.54) is 0 Å². The number of fused-ring (bicyclic) bond motifs is 2. The monoisotopic (exact) mass is 234 g/mol. The third-order valence-corrected chi connectivity index (χ3v) is 2.93. The molecule has 0 amide bonds. The fraction of sp³-hybridized carbons (Fsp3) is 0.0769. The first-order chi connectivity index (χ1) is 8.76. The van der Waals surface area contributed by atoms with Crippen molar-refractivity contribution in [2.45, 2.75) is 6.04 Å². The lowest BCUT2D eigenvalue weighted by atomic mass is 10.1. The number of Topliss-reactive ketones (excluding diaryl/α,β-unsaturated/α-hetero) is 1. The molecule has 0 fully saturated rings. The van der Waals surface area contributed by atoms with Gasteiger partial charge in [-0.15, -0.1) is 0 Å². The maximum atomic E-state index is 12.1. The highest BCUT2D eigenvalue weighted by molar-refractivity contribution is 6.23. The van der Waals surface area contributed by atoms with Gasteiger partial charge in [0.15, 0.2) is 11.8 Å². The van der Waals surface area contributed by atoms with Crippen molar-refractivity contribution >= 4 is 17.2 Å². The van der Waals surface area contributed by atoms with Crippen LogP contribution in [0.4, 0.5) is 0 Å². The average molecular weight is 234 g/mol. The number of ketones is 1. The first kappa shape index (κ1) is 10.2. The quantitative estimate of drug-likeness (QED) is 0.725. The van der Waals surface area contributed by atoms with Gasteiger partial charge in [-0.25, -0.2) is 4.99 Å². The summed E-state index contributed by atoms with van der Waals surface area (Å²) in [4.78, 5) is 16.2.